The quantitative estimate of drug-likeness (QED) is 0.106. The van der Waals surface area contributed by atoms with Gasteiger partial charge in [-0.3, -0.25) is 29.0 Å². The van der Waals surface area contributed by atoms with Gasteiger partial charge in [0.15, 0.2) is 0 Å². The molecule has 59 heavy (non-hydrogen) atoms. The van der Waals surface area contributed by atoms with Gasteiger partial charge in [-0.25, -0.2) is 0 Å². The molecule has 11 heteroatoms. The largest absolute Gasteiger partial charge is 0.507 e. The first kappa shape index (κ1) is 51.4. The van der Waals surface area contributed by atoms with Crippen LogP contribution in [0.4, 0.5) is 0 Å². The molecule has 2 aromatic carbocycles. The summed E-state index contributed by atoms with van der Waals surface area (Å²) >= 11 is 0. The van der Waals surface area contributed by atoms with Crippen LogP contribution < -0.4 is 0 Å². The first-order valence-corrected chi connectivity index (χ1v) is 21.2. The summed E-state index contributed by atoms with van der Waals surface area (Å²) in [6.45, 7) is 24.4. The summed E-state index contributed by atoms with van der Waals surface area (Å²) in [4.78, 5) is 31.7. The van der Waals surface area contributed by atoms with Gasteiger partial charge in [0.05, 0.1) is 38.3 Å². The fraction of sp³-hybridized carbons (Fsp3) is 0.646. The number of benzene rings is 2. The van der Waals surface area contributed by atoms with E-state index in [0.29, 0.717) is 11.5 Å². The van der Waals surface area contributed by atoms with Gasteiger partial charge in [-0.05, 0) is 90.0 Å². The van der Waals surface area contributed by atoms with Crippen LogP contribution in [0.3, 0.4) is 0 Å². The van der Waals surface area contributed by atoms with Crippen molar-refractivity contribution in [2.45, 2.75) is 175 Å². The van der Waals surface area contributed by atoms with Crippen LogP contribution in [0.15, 0.2) is 34.3 Å². The molecule has 0 bridgehead atoms. The normalized spacial score (nSPS) is 19.0. The van der Waals surface area contributed by atoms with E-state index in [4.69, 9.17) is 20.2 Å². The molecule has 0 saturated heterocycles. The number of hydrogen-bond donors (Lipinski definition) is 4. The maximum atomic E-state index is 11.6. The van der Waals surface area contributed by atoms with Crippen molar-refractivity contribution < 1.29 is 51.4 Å². The Labute approximate surface area is 365 Å². The number of aliphatic imine (C=N–C) groups is 2. The van der Waals surface area contributed by atoms with Crippen LogP contribution in [0.1, 0.15) is 174 Å². The van der Waals surface area contributed by atoms with Crippen LogP contribution >= 0.6 is 0 Å². The molecular weight excluding hydrogens is 787 g/mol. The first-order chi connectivity index (χ1) is 26.6. The first-order valence-electron chi connectivity index (χ1n) is 21.2. The molecule has 0 aromatic heterocycles. The summed E-state index contributed by atoms with van der Waals surface area (Å²) in [7, 11) is 0. The van der Waals surface area contributed by atoms with Crippen molar-refractivity contribution in [3.05, 3.63) is 57.6 Å². The van der Waals surface area contributed by atoms with Crippen LogP contribution in [0.2, 0.25) is 0 Å². The van der Waals surface area contributed by atoms with E-state index in [9.17, 15) is 19.8 Å². The van der Waals surface area contributed by atoms with Crippen LogP contribution in [-0.2, 0) is 49.0 Å². The van der Waals surface area contributed by atoms with Gasteiger partial charge in [0.2, 0.25) is 5.84 Å². The number of aryl methyl sites for hydroxylation is 1. The van der Waals surface area contributed by atoms with E-state index in [2.05, 4.69) is 96.1 Å². The summed E-state index contributed by atoms with van der Waals surface area (Å²) in [6, 6.07) is 8.69. The fourth-order valence-electron chi connectivity index (χ4n) is 8.05. The van der Waals surface area contributed by atoms with E-state index in [1.165, 1.54) is 56.3 Å². The number of phenols is 2. The van der Waals surface area contributed by atoms with E-state index in [0.717, 1.165) is 73.9 Å². The number of carboxylic acids is 2. The van der Waals surface area contributed by atoms with Crippen LogP contribution in [-0.4, -0.2) is 98.4 Å². The molecule has 10 nitrogen and oxygen atoms in total. The third kappa shape index (κ3) is 15.1. The number of rotatable bonds is 10. The van der Waals surface area contributed by atoms with Gasteiger partial charge >= 0.3 is 11.9 Å². The molecule has 2 unspecified atom stereocenters. The predicted octanol–water partition coefficient (Wildman–Crippen LogP) is 9.64. The second kappa shape index (κ2) is 22.2. The Balaban J connectivity index is 0.00000122. The second-order valence-electron chi connectivity index (χ2n) is 19.4. The zero-order chi connectivity index (χ0) is 42.1. The number of aliphatic carboxylic acids is 2. The molecule has 0 spiro atoms. The molecule has 2 aliphatic heterocycles. The van der Waals surface area contributed by atoms with E-state index >= 15 is 0 Å². The SMILES string of the molecule is C.CC(C)(C)c1cc(C=NC2CCCCC2N=Cc2cc(C(C)(C)C)cc(C(C)(C)C)c2O)c(O)c(CCCN2CCC[N+]3=C2CCCCC3)c1.O=C(O)CC(=O)O.[Co]. The minimum Gasteiger partial charge on any atom is -0.507 e. The van der Waals surface area contributed by atoms with Gasteiger partial charge < -0.3 is 20.4 Å². The molecule has 1 aliphatic carbocycles. The van der Waals surface area contributed by atoms with Gasteiger partial charge in [0.25, 0.3) is 0 Å². The summed E-state index contributed by atoms with van der Waals surface area (Å²) < 4.78 is 2.64. The smallest absolute Gasteiger partial charge is 0.314 e. The molecule has 4 N–H and O–H groups in total. The molecule has 1 saturated carbocycles. The van der Waals surface area contributed by atoms with Gasteiger partial charge in [0.1, 0.15) is 17.9 Å². The summed E-state index contributed by atoms with van der Waals surface area (Å²) in [5, 5.41) is 38.4. The topological polar surface area (TPSA) is 146 Å². The summed E-state index contributed by atoms with van der Waals surface area (Å²) in [6.07, 6.45) is 15.5. The second-order valence-corrected chi connectivity index (χ2v) is 19.4. The van der Waals surface area contributed by atoms with Crippen molar-refractivity contribution in [1.82, 2.24) is 4.90 Å². The zero-order valence-corrected chi connectivity index (χ0v) is 37.7. The summed E-state index contributed by atoms with van der Waals surface area (Å²) in [5.41, 5.74) is 5.74. The Bertz CT molecular complexity index is 1800. The van der Waals surface area contributed by atoms with Crippen LogP contribution in [0.25, 0.3) is 0 Å². The average molecular weight is 863 g/mol. The number of carbonyl (C=O) groups is 2. The van der Waals surface area contributed by atoms with E-state index in [-0.39, 0.29) is 52.5 Å². The van der Waals surface area contributed by atoms with Crippen molar-refractivity contribution in [1.29, 1.82) is 0 Å². The van der Waals surface area contributed by atoms with E-state index < -0.39 is 18.4 Å². The number of hydrogen-bond acceptors (Lipinski definition) is 7. The number of phenolic OH excluding ortho intramolecular Hbond substituents is 2. The third-order valence-corrected chi connectivity index (χ3v) is 11.5. The number of aromatic hydroxyl groups is 2. The number of nitrogens with zero attached hydrogens (tertiary/aromatic N) is 4. The molecule has 5 rings (SSSR count). The predicted molar refractivity (Wildman–Crippen MR) is 238 cm³/mol. The Hall–Kier alpha value is -3.70. The molecule has 2 heterocycles. The van der Waals surface area contributed by atoms with E-state index in [1.54, 1.807) is 5.84 Å². The van der Waals surface area contributed by atoms with Crippen molar-refractivity contribution in [2.24, 2.45) is 9.98 Å². The third-order valence-electron chi connectivity index (χ3n) is 11.5. The molecular formula is C48H75CoN4O6+. The molecule has 1 fully saturated rings. The molecule has 3 aliphatic rings. The molecule has 2 atom stereocenters. The average Bonchev–Trinajstić information content (AvgIpc) is 3.36. The minimum atomic E-state index is -1.31. The molecule has 331 valence electrons. The number of carboxylic acid groups (broad SMARTS) is 2. The summed E-state index contributed by atoms with van der Waals surface area (Å²) in [5.74, 6) is -0.365. The van der Waals surface area contributed by atoms with Gasteiger partial charge in [-0.1, -0.05) is 94.7 Å². The van der Waals surface area contributed by atoms with Gasteiger partial charge in [-0.15, -0.1) is 0 Å². The van der Waals surface area contributed by atoms with Crippen molar-refractivity contribution in [3.63, 3.8) is 0 Å². The Morgan fingerprint density at radius 3 is 1.76 bits per heavy atom. The van der Waals surface area contributed by atoms with Crippen LogP contribution in [0, 0.1) is 0 Å². The van der Waals surface area contributed by atoms with Gasteiger partial charge in [-0.2, -0.15) is 0 Å². The maximum Gasteiger partial charge on any atom is 0.314 e. The van der Waals surface area contributed by atoms with Crippen LogP contribution in [0.5, 0.6) is 11.5 Å². The molecule has 2 aromatic rings. The Kier molecular flexibility index (Phi) is 19.4. The maximum absolute atomic E-state index is 11.6. The minimum absolute atomic E-state index is 0. The van der Waals surface area contributed by atoms with E-state index in [1.807, 2.05) is 12.4 Å². The van der Waals surface area contributed by atoms with Crippen molar-refractivity contribution in [3.8, 4) is 11.5 Å². The molecule has 1 radical (unpaired) electrons. The Morgan fingerprint density at radius 2 is 1.25 bits per heavy atom. The Morgan fingerprint density at radius 1 is 0.729 bits per heavy atom. The monoisotopic (exact) mass is 863 g/mol. The van der Waals surface area contributed by atoms with Crippen molar-refractivity contribution in [2.75, 3.05) is 26.2 Å². The van der Waals surface area contributed by atoms with Gasteiger partial charge in [0, 0.05) is 58.7 Å². The molecule has 0 amide bonds. The standard InChI is InChI=1S/C44H66N4O2.C3H4O4.CH4.Co/c1-42(2,3)34-25-31(17-15-22-48-24-16-23-47-21-14-10-11-20-39(47)48)40(49)32(26-34)29-45-37-18-12-13-19-38(37)46-30-33-27-35(43(4,5)6)28-36(41(33)50)44(7,8)9;4-2(5)1-3(6)7;;/h25-30,37-38H,10-24H2,1-9H3,(H-,45,46,49,50);1H2,(H,4,5)(H,6,7);1H4;/p+1. The number of amidine groups is 1. The van der Waals surface area contributed by atoms with Crippen molar-refractivity contribution >= 4 is 30.2 Å². The zero-order valence-electron chi connectivity index (χ0n) is 36.7. The fourth-order valence-corrected chi connectivity index (χ4v) is 8.05.